The molecule has 4 aromatic rings. The fourth-order valence-electron chi connectivity index (χ4n) is 4.82. The number of nitrogens with zero attached hydrogens (tertiary/aromatic N) is 1. The first-order chi connectivity index (χ1) is 18.6. The second kappa shape index (κ2) is 11.8. The summed E-state index contributed by atoms with van der Waals surface area (Å²) in [7, 11) is 1.35. The van der Waals surface area contributed by atoms with Crippen LogP contribution in [0.4, 0.5) is 0 Å². The Kier molecular flexibility index (Phi) is 8.44. The van der Waals surface area contributed by atoms with E-state index in [0.29, 0.717) is 23.8 Å². The molecule has 0 aliphatic heterocycles. The zero-order chi connectivity index (χ0) is 28.3. The van der Waals surface area contributed by atoms with E-state index in [4.69, 9.17) is 9.47 Å². The van der Waals surface area contributed by atoms with Crippen molar-refractivity contribution in [3.05, 3.63) is 100 Å². The number of amides is 1. The third-order valence-electron chi connectivity index (χ3n) is 7.44. The number of esters is 1. The van der Waals surface area contributed by atoms with Gasteiger partial charge >= 0.3 is 5.97 Å². The van der Waals surface area contributed by atoms with E-state index in [-0.39, 0.29) is 11.9 Å². The van der Waals surface area contributed by atoms with Gasteiger partial charge < -0.3 is 19.4 Å². The lowest BCUT2D eigenvalue weighted by atomic mass is 9.98. The second-order valence-electron chi connectivity index (χ2n) is 10.5. The number of benzene rings is 3. The van der Waals surface area contributed by atoms with E-state index in [2.05, 4.69) is 61.8 Å². The van der Waals surface area contributed by atoms with Crippen molar-refractivity contribution in [2.24, 2.45) is 0 Å². The summed E-state index contributed by atoms with van der Waals surface area (Å²) in [5, 5.41) is 4.24. The zero-order valence-corrected chi connectivity index (χ0v) is 23.9. The van der Waals surface area contributed by atoms with Gasteiger partial charge in [-0.15, -0.1) is 0 Å². The minimum atomic E-state index is -0.668. The summed E-state index contributed by atoms with van der Waals surface area (Å²) < 4.78 is 12.6. The summed E-state index contributed by atoms with van der Waals surface area (Å²) in [6.07, 6.45) is -0.668. The Morgan fingerprint density at radius 2 is 1.59 bits per heavy atom. The van der Waals surface area contributed by atoms with Crippen LogP contribution in [0.1, 0.15) is 78.0 Å². The van der Waals surface area contributed by atoms with Gasteiger partial charge in [0.25, 0.3) is 5.91 Å². The molecule has 39 heavy (non-hydrogen) atoms. The first-order valence-electron chi connectivity index (χ1n) is 13.4. The number of nitrogens with one attached hydrogen (secondary N) is 1. The van der Waals surface area contributed by atoms with Gasteiger partial charge in [0.15, 0.2) is 6.10 Å². The van der Waals surface area contributed by atoms with Crippen LogP contribution >= 0.6 is 0 Å². The summed E-state index contributed by atoms with van der Waals surface area (Å²) in [4.78, 5) is 24.8. The SMILES string of the molecule is COC(=O)C(C)Oc1ccc(Cn2c(C)c(C)c3cc(C(=O)NC(C)c4cccc(C(C)C)c4)ccc32)cc1. The van der Waals surface area contributed by atoms with E-state index in [0.717, 1.165) is 33.3 Å². The van der Waals surface area contributed by atoms with Crippen LogP contribution < -0.4 is 10.1 Å². The minimum absolute atomic E-state index is 0.0825. The monoisotopic (exact) mass is 526 g/mol. The molecular weight excluding hydrogens is 488 g/mol. The summed E-state index contributed by atoms with van der Waals surface area (Å²) >= 11 is 0. The van der Waals surface area contributed by atoms with E-state index >= 15 is 0 Å². The molecule has 1 N–H and O–H groups in total. The van der Waals surface area contributed by atoms with Crippen molar-refractivity contribution in [2.75, 3.05) is 7.11 Å². The van der Waals surface area contributed by atoms with Crippen molar-refractivity contribution in [2.45, 2.75) is 66.2 Å². The van der Waals surface area contributed by atoms with Crippen molar-refractivity contribution in [3.8, 4) is 5.75 Å². The fourth-order valence-corrected chi connectivity index (χ4v) is 4.82. The highest BCUT2D eigenvalue weighted by Crippen LogP contribution is 2.28. The normalized spacial score (nSPS) is 12.8. The largest absolute Gasteiger partial charge is 0.479 e. The molecule has 2 atom stereocenters. The topological polar surface area (TPSA) is 69.6 Å². The number of fused-ring (bicyclic) bond motifs is 1. The predicted octanol–water partition coefficient (Wildman–Crippen LogP) is 6.86. The minimum Gasteiger partial charge on any atom is -0.479 e. The van der Waals surface area contributed by atoms with Gasteiger partial charge in [-0.25, -0.2) is 4.79 Å². The third-order valence-corrected chi connectivity index (χ3v) is 7.44. The lowest BCUT2D eigenvalue weighted by Gasteiger charge is -2.16. The maximum Gasteiger partial charge on any atom is 0.346 e. The highest BCUT2D eigenvalue weighted by Gasteiger charge is 2.17. The molecule has 0 aliphatic rings. The van der Waals surface area contributed by atoms with E-state index < -0.39 is 12.1 Å². The van der Waals surface area contributed by atoms with Crippen molar-refractivity contribution in [1.82, 2.24) is 9.88 Å². The summed E-state index contributed by atoms with van der Waals surface area (Å²) in [6.45, 7) is 12.9. The highest BCUT2D eigenvalue weighted by molar-refractivity contribution is 5.99. The second-order valence-corrected chi connectivity index (χ2v) is 10.5. The average Bonchev–Trinajstić information content (AvgIpc) is 3.17. The molecule has 4 rings (SSSR count). The lowest BCUT2D eigenvalue weighted by molar-refractivity contribution is -0.147. The number of hydrogen-bond acceptors (Lipinski definition) is 4. The highest BCUT2D eigenvalue weighted by atomic mass is 16.6. The molecule has 0 saturated carbocycles. The van der Waals surface area contributed by atoms with Gasteiger partial charge in [0.05, 0.1) is 13.2 Å². The van der Waals surface area contributed by atoms with Crippen LogP contribution in [0.3, 0.4) is 0 Å². The quantitative estimate of drug-likeness (QED) is 0.242. The number of aromatic nitrogens is 1. The van der Waals surface area contributed by atoms with E-state index in [1.54, 1.807) is 6.92 Å². The van der Waals surface area contributed by atoms with Gasteiger partial charge in [0.1, 0.15) is 5.75 Å². The Morgan fingerprint density at radius 1 is 0.897 bits per heavy atom. The average molecular weight is 527 g/mol. The number of carbonyl (C=O) groups is 2. The molecule has 0 radical (unpaired) electrons. The Morgan fingerprint density at radius 3 is 2.26 bits per heavy atom. The standard InChI is InChI=1S/C33H38N2O4/c1-20(2)26-9-8-10-27(17-26)22(4)34-32(36)28-13-16-31-30(18-28)21(3)23(5)35(31)19-25-11-14-29(15-12-25)39-24(6)33(37)38-7/h8-18,20,22,24H,19H2,1-7H3,(H,34,36). The number of rotatable bonds is 9. The van der Waals surface area contributed by atoms with Crippen LogP contribution in [0.25, 0.3) is 10.9 Å². The van der Waals surface area contributed by atoms with Gasteiger partial charge in [-0.2, -0.15) is 0 Å². The van der Waals surface area contributed by atoms with Crippen molar-refractivity contribution < 1.29 is 19.1 Å². The molecule has 6 heteroatoms. The van der Waals surface area contributed by atoms with Gasteiger partial charge in [-0.3, -0.25) is 4.79 Å². The molecule has 204 valence electrons. The molecule has 1 aromatic heterocycles. The molecule has 1 amide bonds. The molecule has 0 bridgehead atoms. The summed E-state index contributed by atoms with van der Waals surface area (Å²) in [6, 6.07) is 22.0. The smallest absolute Gasteiger partial charge is 0.346 e. The molecular formula is C33H38N2O4. The van der Waals surface area contributed by atoms with Crippen molar-refractivity contribution >= 4 is 22.8 Å². The Labute approximate surface area is 230 Å². The van der Waals surface area contributed by atoms with Gasteiger partial charge in [-0.05, 0) is 86.2 Å². The van der Waals surface area contributed by atoms with Gasteiger partial charge in [0.2, 0.25) is 0 Å². The molecule has 6 nitrogen and oxygen atoms in total. The molecule has 1 heterocycles. The lowest BCUT2D eigenvalue weighted by Crippen LogP contribution is -2.26. The van der Waals surface area contributed by atoms with E-state index in [1.807, 2.05) is 49.4 Å². The van der Waals surface area contributed by atoms with Crippen molar-refractivity contribution in [3.63, 3.8) is 0 Å². The fraction of sp³-hybridized carbons (Fsp3) is 0.333. The van der Waals surface area contributed by atoms with Crippen LogP contribution in [0.15, 0.2) is 66.7 Å². The maximum absolute atomic E-state index is 13.2. The third kappa shape index (κ3) is 6.17. The van der Waals surface area contributed by atoms with Crippen molar-refractivity contribution in [1.29, 1.82) is 0 Å². The van der Waals surface area contributed by atoms with E-state index in [1.165, 1.54) is 12.7 Å². The zero-order valence-electron chi connectivity index (χ0n) is 23.9. The number of carbonyl (C=O) groups excluding carboxylic acids is 2. The molecule has 2 unspecified atom stereocenters. The molecule has 3 aromatic carbocycles. The number of methoxy groups -OCH3 is 1. The van der Waals surface area contributed by atoms with Gasteiger partial charge in [-0.1, -0.05) is 50.2 Å². The molecule has 0 aliphatic carbocycles. The van der Waals surface area contributed by atoms with Gasteiger partial charge in [0, 0.05) is 28.7 Å². The van der Waals surface area contributed by atoms with Crippen LogP contribution in [-0.2, 0) is 16.1 Å². The summed E-state index contributed by atoms with van der Waals surface area (Å²) in [5.41, 5.74) is 7.51. The Balaban J connectivity index is 1.51. The molecule has 0 spiro atoms. The first kappa shape index (κ1) is 28.0. The number of hydrogen-bond donors (Lipinski definition) is 1. The number of ether oxygens (including phenoxy) is 2. The molecule has 0 saturated heterocycles. The van der Waals surface area contributed by atoms with Crippen LogP contribution in [0.2, 0.25) is 0 Å². The molecule has 0 fully saturated rings. The first-order valence-corrected chi connectivity index (χ1v) is 13.4. The van der Waals surface area contributed by atoms with E-state index in [9.17, 15) is 9.59 Å². The van der Waals surface area contributed by atoms with Crippen LogP contribution in [0, 0.1) is 13.8 Å². The van der Waals surface area contributed by atoms with Crippen LogP contribution in [-0.4, -0.2) is 29.7 Å². The Hall–Kier alpha value is -4.06. The maximum atomic E-state index is 13.2. The number of aryl methyl sites for hydroxylation is 1. The predicted molar refractivity (Wildman–Crippen MR) is 155 cm³/mol. The van der Waals surface area contributed by atoms with Crippen LogP contribution in [0.5, 0.6) is 5.75 Å². The Bertz CT molecular complexity index is 1480. The summed E-state index contributed by atoms with van der Waals surface area (Å²) in [5.74, 6) is 0.558.